The molecule has 1 heterocycles. The van der Waals surface area contributed by atoms with Crippen molar-refractivity contribution in [2.45, 2.75) is 12.5 Å². The van der Waals surface area contributed by atoms with Crippen LogP contribution in [0, 0.1) is 0 Å². The summed E-state index contributed by atoms with van der Waals surface area (Å²) in [5.41, 5.74) is 0.960. The maximum Gasteiger partial charge on any atom is 0.266 e. The zero-order valence-electron chi connectivity index (χ0n) is 15.9. The molecule has 0 fully saturated rings. The minimum absolute atomic E-state index is 0.190. The number of rotatable bonds is 6. The number of fused-ring (bicyclic) bond motifs is 1. The van der Waals surface area contributed by atoms with Crippen LogP contribution >= 0.6 is 11.6 Å². The largest absolute Gasteiger partial charge is 0.495 e. The van der Waals surface area contributed by atoms with Crippen molar-refractivity contribution in [3.63, 3.8) is 0 Å². The lowest BCUT2D eigenvalue weighted by Crippen LogP contribution is -2.43. The molecule has 0 saturated heterocycles. The van der Waals surface area contributed by atoms with Gasteiger partial charge in [0.15, 0.2) is 6.10 Å². The van der Waals surface area contributed by atoms with Gasteiger partial charge in [0.05, 0.1) is 31.5 Å². The number of carbonyl (C=O) groups excluding carboxylic acids is 3. The van der Waals surface area contributed by atoms with E-state index in [0.717, 1.165) is 0 Å². The molecule has 2 aromatic carbocycles. The zero-order chi connectivity index (χ0) is 21.0. The quantitative estimate of drug-likeness (QED) is 0.752. The number of carbonyl (C=O) groups is 3. The average Bonchev–Trinajstić information content (AvgIpc) is 2.68. The number of nitrogens with one attached hydrogen (secondary N) is 2. The molecule has 1 aliphatic heterocycles. The Morgan fingerprint density at radius 1 is 1.28 bits per heavy atom. The predicted octanol–water partition coefficient (Wildman–Crippen LogP) is 2.54. The van der Waals surface area contributed by atoms with Gasteiger partial charge in [-0.1, -0.05) is 23.7 Å². The minimum Gasteiger partial charge on any atom is -0.495 e. The summed E-state index contributed by atoms with van der Waals surface area (Å²) in [5.74, 6) is -0.293. The molecule has 0 spiro atoms. The molecule has 3 amide bonds. The van der Waals surface area contributed by atoms with Gasteiger partial charge in [-0.3, -0.25) is 14.4 Å². The first-order chi connectivity index (χ1) is 13.9. The van der Waals surface area contributed by atoms with E-state index in [1.807, 2.05) is 0 Å². The number of methoxy groups -OCH3 is 1. The van der Waals surface area contributed by atoms with Crippen LogP contribution in [0.5, 0.6) is 11.5 Å². The number of hydrogen-bond donors (Lipinski definition) is 2. The van der Waals surface area contributed by atoms with E-state index in [1.54, 1.807) is 42.5 Å². The summed E-state index contributed by atoms with van der Waals surface area (Å²) in [5, 5.41) is 5.80. The summed E-state index contributed by atoms with van der Waals surface area (Å²) in [7, 11) is 2.95. The van der Waals surface area contributed by atoms with E-state index in [0.29, 0.717) is 27.9 Å². The molecule has 152 valence electrons. The van der Waals surface area contributed by atoms with E-state index in [-0.39, 0.29) is 13.0 Å². The molecule has 0 saturated carbocycles. The van der Waals surface area contributed by atoms with Crippen LogP contribution in [0.3, 0.4) is 0 Å². The fourth-order valence-corrected chi connectivity index (χ4v) is 2.98. The number of para-hydroxylation sites is 2. The van der Waals surface area contributed by atoms with Crippen molar-refractivity contribution in [3.8, 4) is 11.5 Å². The van der Waals surface area contributed by atoms with Gasteiger partial charge in [-0.05, 0) is 30.3 Å². The molecular weight excluding hydrogens is 398 g/mol. The Kier molecular flexibility index (Phi) is 6.23. The smallest absolute Gasteiger partial charge is 0.266 e. The van der Waals surface area contributed by atoms with Crippen molar-refractivity contribution in [1.29, 1.82) is 0 Å². The third-order valence-corrected chi connectivity index (χ3v) is 4.54. The average molecular weight is 418 g/mol. The van der Waals surface area contributed by atoms with Crippen LogP contribution < -0.4 is 20.1 Å². The Bertz CT molecular complexity index is 949. The lowest BCUT2D eigenvalue weighted by atomic mass is 10.1. The third-order valence-electron chi connectivity index (χ3n) is 4.31. The highest BCUT2D eigenvalue weighted by Crippen LogP contribution is 2.30. The standard InChI is InChI=1S/C20H20ClN3O5/c1-24(11-18(25)22-14-9-12(21)7-8-15(14)28-2)19(26)10-17-20(27)23-13-5-3-4-6-16(13)29-17/h3-9,17H,10-11H2,1-2H3,(H,22,25)(H,23,27)/t17-/m1/s1. The highest BCUT2D eigenvalue weighted by Gasteiger charge is 2.30. The van der Waals surface area contributed by atoms with Gasteiger partial charge in [-0.25, -0.2) is 0 Å². The second-order valence-corrected chi connectivity index (χ2v) is 6.88. The first-order valence-corrected chi connectivity index (χ1v) is 9.19. The number of ether oxygens (including phenoxy) is 2. The number of nitrogens with zero attached hydrogens (tertiary/aromatic N) is 1. The van der Waals surface area contributed by atoms with Gasteiger partial charge in [0.1, 0.15) is 11.5 Å². The SMILES string of the molecule is COc1ccc(Cl)cc1NC(=O)CN(C)C(=O)C[C@H]1Oc2ccccc2NC1=O. The Morgan fingerprint density at radius 3 is 2.79 bits per heavy atom. The molecule has 9 heteroatoms. The van der Waals surface area contributed by atoms with E-state index in [4.69, 9.17) is 21.1 Å². The van der Waals surface area contributed by atoms with Gasteiger partial charge in [0.2, 0.25) is 11.8 Å². The highest BCUT2D eigenvalue weighted by molar-refractivity contribution is 6.31. The van der Waals surface area contributed by atoms with Crippen molar-refractivity contribution in [3.05, 3.63) is 47.5 Å². The molecule has 2 N–H and O–H groups in total. The Balaban J connectivity index is 1.57. The van der Waals surface area contributed by atoms with Gasteiger partial charge in [-0.15, -0.1) is 0 Å². The molecule has 0 unspecified atom stereocenters. The van der Waals surface area contributed by atoms with Gasteiger partial charge < -0.3 is 25.0 Å². The molecule has 0 aromatic heterocycles. The van der Waals surface area contributed by atoms with Crippen LogP contribution in [0.25, 0.3) is 0 Å². The number of halogens is 1. The summed E-state index contributed by atoms with van der Waals surface area (Å²) < 4.78 is 10.8. The summed E-state index contributed by atoms with van der Waals surface area (Å²) in [6, 6.07) is 11.8. The van der Waals surface area contributed by atoms with Crippen molar-refractivity contribution < 1.29 is 23.9 Å². The topological polar surface area (TPSA) is 97.0 Å². The fourth-order valence-electron chi connectivity index (χ4n) is 2.81. The molecule has 1 aliphatic rings. The molecule has 2 aromatic rings. The zero-order valence-corrected chi connectivity index (χ0v) is 16.7. The second kappa shape index (κ2) is 8.83. The van der Waals surface area contributed by atoms with Crippen LogP contribution in [0.4, 0.5) is 11.4 Å². The molecule has 8 nitrogen and oxygen atoms in total. The Hall–Kier alpha value is -3.26. The van der Waals surface area contributed by atoms with Crippen molar-refractivity contribution in [2.24, 2.45) is 0 Å². The monoisotopic (exact) mass is 417 g/mol. The van der Waals surface area contributed by atoms with E-state index in [1.165, 1.54) is 19.1 Å². The summed E-state index contributed by atoms with van der Waals surface area (Å²) in [4.78, 5) is 38.2. The van der Waals surface area contributed by atoms with Crippen LogP contribution in [-0.2, 0) is 14.4 Å². The third kappa shape index (κ3) is 4.97. The van der Waals surface area contributed by atoms with Gasteiger partial charge in [0.25, 0.3) is 5.91 Å². The van der Waals surface area contributed by atoms with Gasteiger partial charge >= 0.3 is 0 Å². The molecule has 0 aliphatic carbocycles. The van der Waals surface area contributed by atoms with E-state index in [2.05, 4.69) is 10.6 Å². The maximum atomic E-state index is 12.5. The van der Waals surface area contributed by atoms with E-state index in [9.17, 15) is 14.4 Å². The van der Waals surface area contributed by atoms with E-state index >= 15 is 0 Å². The Morgan fingerprint density at radius 2 is 2.03 bits per heavy atom. The van der Waals surface area contributed by atoms with Gasteiger partial charge in [-0.2, -0.15) is 0 Å². The van der Waals surface area contributed by atoms with Gasteiger partial charge in [0, 0.05) is 12.1 Å². The lowest BCUT2D eigenvalue weighted by molar-refractivity contribution is -0.137. The number of likely N-dealkylation sites (N-methyl/N-ethyl adjacent to an activating group) is 1. The number of hydrogen-bond acceptors (Lipinski definition) is 5. The van der Waals surface area contributed by atoms with E-state index < -0.39 is 23.8 Å². The first kappa shape index (κ1) is 20.5. The molecule has 0 radical (unpaired) electrons. The van der Waals surface area contributed by atoms with Crippen LogP contribution in [0.2, 0.25) is 5.02 Å². The normalized spacial score (nSPS) is 14.9. The molecule has 3 rings (SSSR count). The molecular formula is C20H20ClN3O5. The number of amides is 3. The predicted molar refractivity (Wildman–Crippen MR) is 108 cm³/mol. The molecule has 1 atom stereocenters. The van der Waals surface area contributed by atoms with Crippen molar-refractivity contribution in [2.75, 3.05) is 31.3 Å². The summed E-state index contributed by atoms with van der Waals surface area (Å²) >= 11 is 5.95. The first-order valence-electron chi connectivity index (χ1n) is 8.81. The minimum atomic E-state index is -0.962. The fraction of sp³-hybridized carbons (Fsp3) is 0.250. The van der Waals surface area contributed by atoms with Crippen LogP contribution in [0.1, 0.15) is 6.42 Å². The molecule has 29 heavy (non-hydrogen) atoms. The molecule has 0 bridgehead atoms. The van der Waals surface area contributed by atoms with Crippen molar-refractivity contribution >= 4 is 40.7 Å². The maximum absolute atomic E-state index is 12.5. The lowest BCUT2D eigenvalue weighted by Gasteiger charge is -2.26. The second-order valence-electron chi connectivity index (χ2n) is 6.44. The van der Waals surface area contributed by atoms with Crippen LogP contribution in [0.15, 0.2) is 42.5 Å². The highest BCUT2D eigenvalue weighted by atomic mass is 35.5. The Labute approximate surface area is 172 Å². The summed E-state index contributed by atoms with van der Waals surface area (Å²) in [6.07, 6.45) is -1.15. The number of anilines is 2. The van der Waals surface area contributed by atoms with Crippen molar-refractivity contribution in [1.82, 2.24) is 4.90 Å². The van der Waals surface area contributed by atoms with Crippen LogP contribution in [-0.4, -0.2) is 49.4 Å². The summed E-state index contributed by atoms with van der Waals surface area (Å²) in [6.45, 7) is -0.209. The number of benzene rings is 2.